The van der Waals surface area contributed by atoms with Gasteiger partial charge in [-0.05, 0) is 65.7 Å². The number of aromatic nitrogens is 5. The highest BCUT2D eigenvalue weighted by molar-refractivity contribution is 6.15. The number of benzene rings is 8. The van der Waals surface area contributed by atoms with Crippen molar-refractivity contribution in [3.63, 3.8) is 0 Å². The molecule has 0 N–H and O–H groups in total. The van der Waals surface area contributed by atoms with Crippen LogP contribution in [0.25, 0.3) is 100 Å². The summed E-state index contributed by atoms with van der Waals surface area (Å²) in [6.07, 6.45) is 0. The van der Waals surface area contributed by atoms with E-state index in [1.807, 2.05) is 121 Å². The number of fused-ring (bicyclic) bond motifs is 6. The molecule has 0 aliphatic rings. The SMILES string of the molecule is [2H]c1cc([2H])c2c(c1[2H])c1c([2H])c([2H])cc([2H])c1n2-c1cc(-c2ccccc2)cc(-c2nc(-c3ccccc3)nc(-c3cccc4c3c3ccccc3n4-c3ccccc3)n2)c1. The first-order valence-corrected chi connectivity index (χ1v) is 18.4. The minimum atomic E-state index is -0.172. The van der Waals surface area contributed by atoms with Gasteiger partial charge >= 0.3 is 0 Å². The minimum absolute atomic E-state index is 0.0363. The second-order valence-electron chi connectivity index (χ2n) is 13.6. The molecule has 5 nitrogen and oxygen atoms in total. The summed E-state index contributed by atoms with van der Waals surface area (Å²) >= 11 is 0. The van der Waals surface area contributed by atoms with Crippen LogP contribution in [0, 0.1) is 0 Å². The van der Waals surface area contributed by atoms with Crippen LogP contribution in [0.15, 0.2) is 200 Å². The Kier molecular flexibility index (Phi) is 6.10. The molecule has 11 aromatic rings. The lowest BCUT2D eigenvalue weighted by Gasteiger charge is -2.14. The van der Waals surface area contributed by atoms with Crippen molar-refractivity contribution < 1.29 is 8.22 Å². The van der Waals surface area contributed by atoms with E-state index in [1.54, 1.807) is 4.57 Å². The van der Waals surface area contributed by atoms with Crippen molar-refractivity contribution in [2.75, 3.05) is 0 Å². The highest BCUT2D eigenvalue weighted by Crippen LogP contribution is 2.40. The highest BCUT2D eigenvalue weighted by Gasteiger charge is 2.21. The Labute approximate surface area is 331 Å². The van der Waals surface area contributed by atoms with Gasteiger partial charge in [0.2, 0.25) is 0 Å². The first kappa shape index (κ1) is 26.2. The van der Waals surface area contributed by atoms with E-state index in [0.717, 1.165) is 49.7 Å². The van der Waals surface area contributed by atoms with Gasteiger partial charge in [-0.2, -0.15) is 0 Å². The van der Waals surface area contributed by atoms with E-state index < -0.39 is 0 Å². The van der Waals surface area contributed by atoms with E-state index in [4.69, 9.17) is 23.2 Å². The number of hydrogen-bond acceptors (Lipinski definition) is 3. The average Bonchev–Trinajstić information content (AvgIpc) is 3.86. The Morgan fingerprint density at radius 3 is 1.62 bits per heavy atom. The topological polar surface area (TPSA) is 48.5 Å². The molecule has 0 fully saturated rings. The molecule has 0 bridgehead atoms. The molecule has 3 aromatic heterocycles. The summed E-state index contributed by atoms with van der Waals surface area (Å²) in [5, 5.41) is 2.43. The Morgan fingerprint density at radius 1 is 0.357 bits per heavy atom. The van der Waals surface area contributed by atoms with E-state index >= 15 is 0 Å². The predicted octanol–water partition coefficient (Wildman–Crippen LogP) is 12.7. The van der Waals surface area contributed by atoms with Gasteiger partial charge in [0.05, 0.1) is 30.3 Å². The second-order valence-corrected chi connectivity index (χ2v) is 13.6. The fraction of sp³-hybridized carbons (Fsp3) is 0. The quantitative estimate of drug-likeness (QED) is 0.172. The lowest BCUT2D eigenvalue weighted by Crippen LogP contribution is -2.02. The molecular weight excluding hydrogens is 683 g/mol. The number of nitrogens with zero attached hydrogens (tertiary/aromatic N) is 5. The smallest absolute Gasteiger partial charge is 0.164 e. The first-order chi connectivity index (χ1) is 30.2. The lowest BCUT2D eigenvalue weighted by molar-refractivity contribution is 1.07. The molecule has 0 spiro atoms. The summed E-state index contributed by atoms with van der Waals surface area (Å²) in [7, 11) is 0. The molecule has 0 saturated carbocycles. The Morgan fingerprint density at radius 2 is 0.911 bits per heavy atom. The third-order valence-corrected chi connectivity index (χ3v) is 10.3. The zero-order valence-corrected chi connectivity index (χ0v) is 29.8. The molecular formula is C51H33N5. The van der Waals surface area contributed by atoms with Crippen LogP contribution >= 0.6 is 0 Å². The van der Waals surface area contributed by atoms with Crippen LogP contribution in [-0.2, 0) is 0 Å². The summed E-state index contributed by atoms with van der Waals surface area (Å²) in [6, 6.07) is 52.2. The fourth-order valence-electron chi connectivity index (χ4n) is 7.84. The summed E-state index contributed by atoms with van der Waals surface area (Å²) in [5.74, 6) is 1.34. The monoisotopic (exact) mass is 721 g/mol. The Hall–Kier alpha value is -7.63. The van der Waals surface area contributed by atoms with Crippen molar-refractivity contribution in [3.8, 4) is 56.7 Å². The van der Waals surface area contributed by atoms with Gasteiger partial charge in [-0.25, -0.2) is 15.0 Å². The van der Waals surface area contributed by atoms with Crippen molar-refractivity contribution >= 4 is 43.6 Å². The van der Waals surface area contributed by atoms with Crippen LogP contribution in [0.5, 0.6) is 0 Å². The molecule has 11 rings (SSSR count). The van der Waals surface area contributed by atoms with Crippen molar-refractivity contribution in [2.24, 2.45) is 0 Å². The summed E-state index contributed by atoms with van der Waals surface area (Å²) in [4.78, 5) is 15.6. The zero-order chi connectivity index (χ0) is 42.2. The maximum absolute atomic E-state index is 9.15. The highest BCUT2D eigenvalue weighted by atomic mass is 15.0. The number of para-hydroxylation sites is 4. The third-order valence-electron chi connectivity index (χ3n) is 10.3. The van der Waals surface area contributed by atoms with Crippen LogP contribution in [0.1, 0.15) is 8.22 Å². The molecule has 56 heavy (non-hydrogen) atoms. The molecule has 0 radical (unpaired) electrons. The summed E-state index contributed by atoms with van der Waals surface area (Å²) < 4.78 is 57.3. The number of hydrogen-bond donors (Lipinski definition) is 0. The largest absolute Gasteiger partial charge is 0.309 e. The van der Waals surface area contributed by atoms with Gasteiger partial charge in [0, 0.05) is 49.6 Å². The molecule has 0 saturated heterocycles. The molecule has 5 heteroatoms. The average molecular weight is 722 g/mol. The van der Waals surface area contributed by atoms with Gasteiger partial charge in [-0.15, -0.1) is 0 Å². The van der Waals surface area contributed by atoms with E-state index in [0.29, 0.717) is 28.7 Å². The van der Waals surface area contributed by atoms with Crippen LogP contribution in [0.3, 0.4) is 0 Å². The van der Waals surface area contributed by atoms with Crippen molar-refractivity contribution in [1.82, 2.24) is 24.1 Å². The van der Waals surface area contributed by atoms with E-state index in [1.165, 1.54) is 12.1 Å². The molecule has 0 atom stereocenters. The molecule has 0 aliphatic heterocycles. The van der Waals surface area contributed by atoms with E-state index in [2.05, 4.69) is 34.9 Å². The molecule has 0 amide bonds. The van der Waals surface area contributed by atoms with Crippen molar-refractivity contribution in [3.05, 3.63) is 200 Å². The Bertz CT molecular complexity index is 3520. The summed E-state index contributed by atoms with van der Waals surface area (Å²) in [5.41, 5.74) is 8.12. The van der Waals surface area contributed by atoms with Crippen molar-refractivity contribution in [2.45, 2.75) is 0 Å². The van der Waals surface area contributed by atoms with Crippen LogP contribution in [0.4, 0.5) is 0 Å². The normalized spacial score (nSPS) is 13.1. The van der Waals surface area contributed by atoms with Crippen LogP contribution in [0.2, 0.25) is 0 Å². The lowest BCUT2D eigenvalue weighted by atomic mass is 10.0. The van der Waals surface area contributed by atoms with Crippen LogP contribution < -0.4 is 0 Å². The zero-order valence-electron chi connectivity index (χ0n) is 35.8. The molecule has 8 aromatic carbocycles. The van der Waals surface area contributed by atoms with Gasteiger partial charge < -0.3 is 9.13 Å². The second kappa shape index (κ2) is 13.0. The van der Waals surface area contributed by atoms with Gasteiger partial charge in [0.1, 0.15) is 0 Å². The first-order valence-electron chi connectivity index (χ1n) is 21.4. The maximum atomic E-state index is 9.15. The minimum Gasteiger partial charge on any atom is -0.309 e. The molecule has 3 heterocycles. The van der Waals surface area contributed by atoms with Gasteiger partial charge in [-0.1, -0.05) is 145 Å². The van der Waals surface area contributed by atoms with Gasteiger partial charge in [0.15, 0.2) is 17.5 Å². The maximum Gasteiger partial charge on any atom is 0.164 e. The molecule has 262 valence electrons. The van der Waals surface area contributed by atoms with Gasteiger partial charge in [0.25, 0.3) is 0 Å². The van der Waals surface area contributed by atoms with Crippen LogP contribution in [-0.4, -0.2) is 24.1 Å². The molecule has 0 aliphatic carbocycles. The van der Waals surface area contributed by atoms with Gasteiger partial charge in [-0.3, -0.25) is 0 Å². The fourth-order valence-corrected chi connectivity index (χ4v) is 7.84. The molecule has 0 unspecified atom stereocenters. The summed E-state index contributed by atoms with van der Waals surface area (Å²) in [6.45, 7) is 0. The predicted molar refractivity (Wildman–Crippen MR) is 230 cm³/mol. The Balaban J connectivity index is 1.23. The number of rotatable bonds is 6. The van der Waals surface area contributed by atoms with E-state index in [-0.39, 0.29) is 58.1 Å². The third kappa shape index (κ3) is 5.21. The van der Waals surface area contributed by atoms with Crippen molar-refractivity contribution in [1.29, 1.82) is 0 Å². The standard InChI is InChI=1S/C51H33N5/c1-4-17-34(18-5-1)36-31-37(33-39(32-36)56-44-27-13-10-23-40(44)41-24-11-14-28-45(41)56)50-52-49(35-19-6-2-7-20-35)53-51(54-50)43-26-16-30-47-48(43)42-25-12-15-29-46(42)55(47)38-21-8-3-9-22-38/h1-33H/i10D,11D,23D,24D,27D,28D. The van der Waals surface area contributed by atoms with E-state index in [9.17, 15) is 0 Å².